The van der Waals surface area contributed by atoms with Gasteiger partial charge in [-0.1, -0.05) is 12.1 Å². The lowest BCUT2D eigenvalue weighted by atomic mass is 9.86. The number of carbonyl (C=O) groups is 2. The summed E-state index contributed by atoms with van der Waals surface area (Å²) in [5.74, 6) is 0.735. The Labute approximate surface area is 138 Å². The summed E-state index contributed by atoms with van der Waals surface area (Å²) in [5, 5.41) is 0.750. The van der Waals surface area contributed by atoms with E-state index in [1.807, 2.05) is 12.1 Å². The first-order chi connectivity index (χ1) is 11.6. The van der Waals surface area contributed by atoms with Crippen molar-refractivity contribution in [2.75, 3.05) is 14.2 Å². The van der Waals surface area contributed by atoms with Crippen molar-refractivity contribution in [1.82, 2.24) is 4.57 Å². The maximum atomic E-state index is 13.1. The van der Waals surface area contributed by atoms with Crippen molar-refractivity contribution in [2.24, 2.45) is 7.05 Å². The molecule has 2 aromatic carbocycles. The average Bonchev–Trinajstić information content (AvgIpc) is 2.91. The number of fused-ring (bicyclic) bond motifs is 4. The lowest BCUT2D eigenvalue weighted by Gasteiger charge is -2.18. The van der Waals surface area contributed by atoms with Crippen molar-refractivity contribution in [1.29, 1.82) is 0 Å². The number of rotatable bonds is 2. The lowest BCUT2D eigenvalue weighted by Crippen LogP contribution is -2.23. The second-order valence-electron chi connectivity index (χ2n) is 5.71. The molecule has 5 nitrogen and oxygen atoms in total. The van der Waals surface area contributed by atoms with Gasteiger partial charge in [-0.05, 0) is 18.2 Å². The molecule has 0 bridgehead atoms. The van der Waals surface area contributed by atoms with E-state index >= 15 is 0 Å². The first-order valence-corrected chi connectivity index (χ1v) is 7.51. The standard InChI is InChI=1S/C19H15NO4/c1-20-13-9-10(23-2)7-8-11(13)16-17(20)19(22)15-12(18(16)21)5-4-6-14(15)24-3/h4-9H,1-3H3. The van der Waals surface area contributed by atoms with Gasteiger partial charge in [-0.15, -0.1) is 0 Å². The minimum atomic E-state index is -0.199. The van der Waals surface area contributed by atoms with Crippen LogP contribution >= 0.6 is 0 Å². The molecule has 4 rings (SSSR count). The van der Waals surface area contributed by atoms with Crippen molar-refractivity contribution in [3.05, 3.63) is 58.8 Å². The Morgan fingerprint density at radius 3 is 2.42 bits per heavy atom. The quantitative estimate of drug-likeness (QED) is 0.569. The molecule has 0 aliphatic heterocycles. The summed E-state index contributed by atoms with van der Waals surface area (Å²) in [6, 6.07) is 10.5. The molecule has 0 unspecified atom stereocenters. The normalized spacial score (nSPS) is 13.0. The predicted molar refractivity (Wildman–Crippen MR) is 89.3 cm³/mol. The molecule has 0 atom stereocenters. The van der Waals surface area contributed by atoms with Crippen LogP contribution in [0.2, 0.25) is 0 Å². The Hall–Kier alpha value is -3.08. The maximum absolute atomic E-state index is 13.1. The molecule has 5 heteroatoms. The van der Waals surface area contributed by atoms with Crippen LogP contribution in [0.3, 0.4) is 0 Å². The molecule has 0 saturated carbocycles. The number of hydrogen-bond donors (Lipinski definition) is 0. The zero-order chi connectivity index (χ0) is 17.0. The summed E-state index contributed by atoms with van der Waals surface area (Å²) >= 11 is 0. The summed E-state index contributed by atoms with van der Waals surface area (Å²) < 4.78 is 12.3. The molecule has 1 heterocycles. The van der Waals surface area contributed by atoms with Gasteiger partial charge in [-0.25, -0.2) is 0 Å². The minimum absolute atomic E-state index is 0.158. The number of benzene rings is 2. The van der Waals surface area contributed by atoms with Crippen LogP contribution in [0.1, 0.15) is 32.0 Å². The van der Waals surface area contributed by atoms with Gasteiger partial charge in [0, 0.05) is 24.1 Å². The fourth-order valence-electron chi connectivity index (χ4n) is 3.42. The van der Waals surface area contributed by atoms with Gasteiger partial charge in [0.05, 0.1) is 30.9 Å². The number of aromatic nitrogens is 1. The largest absolute Gasteiger partial charge is 0.497 e. The van der Waals surface area contributed by atoms with E-state index in [0.717, 1.165) is 10.9 Å². The molecule has 0 N–H and O–H groups in total. The number of carbonyl (C=O) groups excluding carboxylic acids is 2. The van der Waals surface area contributed by atoms with E-state index in [-0.39, 0.29) is 11.6 Å². The van der Waals surface area contributed by atoms with Crippen LogP contribution in [-0.2, 0) is 7.05 Å². The second-order valence-corrected chi connectivity index (χ2v) is 5.71. The number of aryl methyl sites for hydroxylation is 1. The molecule has 3 aromatic rings. The fraction of sp³-hybridized carbons (Fsp3) is 0.158. The van der Waals surface area contributed by atoms with Crippen molar-refractivity contribution in [3.8, 4) is 11.5 Å². The minimum Gasteiger partial charge on any atom is -0.497 e. The van der Waals surface area contributed by atoms with Gasteiger partial charge in [0.2, 0.25) is 5.78 Å². The molecule has 0 fully saturated rings. The Morgan fingerprint density at radius 2 is 1.71 bits per heavy atom. The topological polar surface area (TPSA) is 57.5 Å². The number of nitrogens with zero attached hydrogens (tertiary/aromatic N) is 1. The van der Waals surface area contributed by atoms with E-state index in [0.29, 0.717) is 33.9 Å². The van der Waals surface area contributed by atoms with Crippen LogP contribution in [-0.4, -0.2) is 30.4 Å². The Balaban J connectivity index is 2.09. The first kappa shape index (κ1) is 14.5. The molecule has 0 saturated heterocycles. The van der Waals surface area contributed by atoms with E-state index in [2.05, 4.69) is 0 Å². The highest BCUT2D eigenvalue weighted by Gasteiger charge is 2.36. The average molecular weight is 321 g/mol. The summed E-state index contributed by atoms with van der Waals surface area (Å²) in [6.07, 6.45) is 0. The molecule has 1 aromatic heterocycles. The molecule has 24 heavy (non-hydrogen) atoms. The summed E-state index contributed by atoms with van der Waals surface area (Å²) in [4.78, 5) is 26.1. The third kappa shape index (κ3) is 1.69. The Morgan fingerprint density at radius 1 is 0.917 bits per heavy atom. The van der Waals surface area contributed by atoms with E-state index in [1.165, 1.54) is 7.11 Å². The summed E-state index contributed by atoms with van der Waals surface area (Å²) in [6.45, 7) is 0. The van der Waals surface area contributed by atoms with Crippen LogP contribution in [0, 0.1) is 0 Å². The van der Waals surface area contributed by atoms with Crippen molar-refractivity contribution >= 4 is 22.5 Å². The van der Waals surface area contributed by atoms with Crippen LogP contribution in [0.5, 0.6) is 11.5 Å². The van der Waals surface area contributed by atoms with E-state index in [4.69, 9.17) is 9.47 Å². The zero-order valence-corrected chi connectivity index (χ0v) is 13.5. The van der Waals surface area contributed by atoms with Gasteiger partial charge >= 0.3 is 0 Å². The van der Waals surface area contributed by atoms with Gasteiger partial charge in [0.25, 0.3) is 0 Å². The van der Waals surface area contributed by atoms with Gasteiger partial charge in [0.1, 0.15) is 17.2 Å². The van der Waals surface area contributed by atoms with Crippen LogP contribution < -0.4 is 9.47 Å². The number of ether oxygens (including phenoxy) is 2. The zero-order valence-electron chi connectivity index (χ0n) is 13.5. The summed E-state index contributed by atoms with van der Waals surface area (Å²) in [5.41, 5.74) is 2.33. The number of hydrogen-bond acceptors (Lipinski definition) is 4. The highest BCUT2D eigenvalue weighted by atomic mass is 16.5. The molecular weight excluding hydrogens is 306 g/mol. The van der Waals surface area contributed by atoms with Crippen LogP contribution in [0.4, 0.5) is 0 Å². The third-order valence-electron chi connectivity index (χ3n) is 4.57. The van der Waals surface area contributed by atoms with Gasteiger partial charge in [-0.2, -0.15) is 0 Å². The van der Waals surface area contributed by atoms with E-state index in [1.54, 1.807) is 43.0 Å². The fourth-order valence-corrected chi connectivity index (χ4v) is 3.42. The summed E-state index contributed by atoms with van der Waals surface area (Å²) in [7, 11) is 4.86. The molecule has 0 amide bonds. The van der Waals surface area contributed by atoms with Gasteiger partial charge in [0.15, 0.2) is 5.78 Å². The third-order valence-corrected chi connectivity index (χ3v) is 4.57. The lowest BCUT2D eigenvalue weighted by molar-refractivity contribution is 0.0972. The molecule has 0 radical (unpaired) electrons. The van der Waals surface area contributed by atoms with Crippen molar-refractivity contribution in [2.45, 2.75) is 0 Å². The Kier molecular flexibility index (Phi) is 3.00. The highest BCUT2D eigenvalue weighted by molar-refractivity contribution is 6.33. The smallest absolute Gasteiger partial charge is 0.214 e. The molecule has 0 spiro atoms. The van der Waals surface area contributed by atoms with Crippen LogP contribution in [0.15, 0.2) is 36.4 Å². The highest BCUT2D eigenvalue weighted by Crippen LogP contribution is 2.38. The van der Waals surface area contributed by atoms with Crippen molar-refractivity contribution in [3.63, 3.8) is 0 Å². The second kappa shape index (κ2) is 4.96. The van der Waals surface area contributed by atoms with Crippen molar-refractivity contribution < 1.29 is 19.1 Å². The number of ketones is 2. The predicted octanol–water partition coefficient (Wildman–Crippen LogP) is 2.97. The molecule has 1 aliphatic rings. The Bertz CT molecular complexity index is 1030. The van der Waals surface area contributed by atoms with Crippen LogP contribution in [0.25, 0.3) is 10.9 Å². The van der Waals surface area contributed by atoms with E-state index in [9.17, 15) is 9.59 Å². The number of methoxy groups -OCH3 is 2. The molecule has 1 aliphatic carbocycles. The van der Waals surface area contributed by atoms with Gasteiger partial charge < -0.3 is 14.0 Å². The van der Waals surface area contributed by atoms with E-state index < -0.39 is 0 Å². The first-order valence-electron chi connectivity index (χ1n) is 7.51. The maximum Gasteiger partial charge on any atom is 0.214 e. The molecule has 120 valence electrons. The monoisotopic (exact) mass is 321 g/mol. The SMILES string of the molecule is COc1ccc2c3c(n(C)c2c1)C(=O)c1c(OC)cccc1C3=O. The molecular formula is C19H15NO4. The van der Waals surface area contributed by atoms with Gasteiger partial charge in [-0.3, -0.25) is 9.59 Å².